The van der Waals surface area contributed by atoms with Crippen LogP contribution in [0, 0.1) is 3.70 Å². The second kappa shape index (κ2) is 6.36. The molecule has 20 heavy (non-hydrogen) atoms. The van der Waals surface area contributed by atoms with Crippen LogP contribution in [0.4, 0.5) is 0 Å². The van der Waals surface area contributed by atoms with Crippen LogP contribution in [0.15, 0.2) is 24.3 Å². The highest BCUT2D eigenvalue weighted by Crippen LogP contribution is 2.26. The van der Waals surface area contributed by atoms with Crippen LogP contribution >= 0.6 is 34.2 Å². The monoisotopic (exact) mass is 404 g/mol. The van der Waals surface area contributed by atoms with E-state index in [2.05, 4.69) is 9.97 Å². The SMILES string of the molecule is COc1nc(I)c(C(=O)c2ccc(Cl)cc2)c(OC)n1. The minimum absolute atomic E-state index is 0.152. The number of carbonyl (C=O) groups excluding carboxylic acids is 1. The van der Waals surface area contributed by atoms with Crippen molar-refractivity contribution in [2.75, 3.05) is 14.2 Å². The zero-order valence-corrected chi connectivity index (χ0v) is 13.6. The van der Waals surface area contributed by atoms with E-state index in [0.717, 1.165) is 0 Å². The Labute approximate surface area is 134 Å². The number of benzene rings is 1. The van der Waals surface area contributed by atoms with Crippen molar-refractivity contribution >= 4 is 40.0 Å². The summed E-state index contributed by atoms with van der Waals surface area (Å²) in [6, 6.07) is 6.74. The van der Waals surface area contributed by atoms with E-state index in [1.54, 1.807) is 24.3 Å². The van der Waals surface area contributed by atoms with E-state index < -0.39 is 0 Å². The lowest BCUT2D eigenvalue weighted by Crippen LogP contribution is -2.10. The lowest BCUT2D eigenvalue weighted by atomic mass is 10.1. The summed E-state index contributed by atoms with van der Waals surface area (Å²) in [5, 5.41) is 0.564. The molecule has 0 saturated heterocycles. The molecule has 0 bridgehead atoms. The van der Waals surface area contributed by atoms with Gasteiger partial charge in [-0.1, -0.05) is 11.6 Å². The Morgan fingerprint density at radius 1 is 1.15 bits per heavy atom. The van der Waals surface area contributed by atoms with Gasteiger partial charge in [-0.3, -0.25) is 4.79 Å². The van der Waals surface area contributed by atoms with E-state index >= 15 is 0 Å². The Bertz CT molecular complexity index is 647. The van der Waals surface area contributed by atoms with Crippen molar-refractivity contribution < 1.29 is 14.3 Å². The molecule has 7 heteroatoms. The maximum Gasteiger partial charge on any atom is 0.320 e. The first-order chi connectivity index (χ1) is 9.56. The molecule has 1 heterocycles. The first-order valence-corrected chi connectivity index (χ1v) is 6.98. The molecule has 1 aromatic carbocycles. The van der Waals surface area contributed by atoms with Gasteiger partial charge in [0.25, 0.3) is 0 Å². The Balaban J connectivity index is 2.51. The summed E-state index contributed by atoms with van der Waals surface area (Å²) in [6.45, 7) is 0. The van der Waals surface area contributed by atoms with Crippen molar-refractivity contribution in [3.8, 4) is 11.9 Å². The number of carbonyl (C=O) groups is 1. The minimum atomic E-state index is -0.231. The quantitative estimate of drug-likeness (QED) is 0.445. The molecule has 0 atom stereocenters. The molecule has 0 amide bonds. The summed E-state index contributed by atoms with van der Waals surface area (Å²) < 4.78 is 10.6. The summed E-state index contributed by atoms with van der Waals surface area (Å²) >= 11 is 7.76. The largest absolute Gasteiger partial charge is 0.480 e. The van der Waals surface area contributed by atoms with Crippen LogP contribution in [-0.4, -0.2) is 30.0 Å². The molecule has 0 spiro atoms. The van der Waals surface area contributed by atoms with Gasteiger partial charge >= 0.3 is 6.01 Å². The van der Waals surface area contributed by atoms with Gasteiger partial charge in [0.1, 0.15) is 9.26 Å². The van der Waals surface area contributed by atoms with Crippen LogP contribution in [0.2, 0.25) is 5.02 Å². The molecule has 5 nitrogen and oxygen atoms in total. The third-order valence-corrected chi connectivity index (χ3v) is 3.55. The molecule has 0 aliphatic carbocycles. The number of hydrogen-bond donors (Lipinski definition) is 0. The topological polar surface area (TPSA) is 61.3 Å². The average molecular weight is 405 g/mol. The van der Waals surface area contributed by atoms with E-state index in [1.165, 1.54) is 14.2 Å². The van der Waals surface area contributed by atoms with Gasteiger partial charge in [-0.15, -0.1) is 0 Å². The Kier molecular flexibility index (Phi) is 4.77. The van der Waals surface area contributed by atoms with Crippen LogP contribution < -0.4 is 9.47 Å². The summed E-state index contributed by atoms with van der Waals surface area (Å²) in [5.74, 6) is -0.0493. The smallest absolute Gasteiger partial charge is 0.320 e. The summed E-state index contributed by atoms with van der Waals surface area (Å²) in [7, 11) is 2.89. The van der Waals surface area contributed by atoms with Crippen molar-refractivity contribution in [1.82, 2.24) is 9.97 Å². The summed E-state index contributed by atoms with van der Waals surface area (Å²) in [5.41, 5.74) is 0.788. The first-order valence-electron chi connectivity index (χ1n) is 5.52. The van der Waals surface area contributed by atoms with Crippen molar-refractivity contribution in [1.29, 1.82) is 0 Å². The maximum atomic E-state index is 12.5. The van der Waals surface area contributed by atoms with Crippen LogP contribution in [0.5, 0.6) is 11.9 Å². The lowest BCUT2D eigenvalue weighted by molar-refractivity contribution is 0.103. The number of methoxy groups -OCH3 is 2. The van der Waals surface area contributed by atoms with Gasteiger partial charge < -0.3 is 9.47 Å². The van der Waals surface area contributed by atoms with Gasteiger partial charge in [0.15, 0.2) is 0 Å². The van der Waals surface area contributed by atoms with E-state index in [4.69, 9.17) is 21.1 Å². The van der Waals surface area contributed by atoms with E-state index in [0.29, 0.717) is 19.9 Å². The standard InChI is InChI=1S/C13H10ClIN2O3/c1-19-12-9(11(15)16-13(17-12)20-2)10(18)7-3-5-8(14)6-4-7/h3-6H,1-2H3. The molecule has 2 aromatic rings. The van der Waals surface area contributed by atoms with Gasteiger partial charge in [-0.2, -0.15) is 9.97 Å². The van der Waals surface area contributed by atoms with E-state index in [9.17, 15) is 4.79 Å². The van der Waals surface area contributed by atoms with Gasteiger partial charge in [0, 0.05) is 10.6 Å². The molecule has 0 unspecified atom stereocenters. The number of ketones is 1. The third-order valence-electron chi connectivity index (χ3n) is 2.52. The second-order valence-corrected chi connectivity index (χ2v) is 5.18. The summed E-state index contributed by atoms with van der Waals surface area (Å²) in [4.78, 5) is 20.6. The molecule has 1 aromatic heterocycles. The first kappa shape index (κ1) is 15.0. The predicted octanol–water partition coefficient (Wildman–Crippen LogP) is 2.98. The zero-order chi connectivity index (χ0) is 14.7. The van der Waals surface area contributed by atoms with Crippen LogP contribution in [-0.2, 0) is 0 Å². The van der Waals surface area contributed by atoms with E-state index in [-0.39, 0.29) is 17.7 Å². The number of ether oxygens (including phenoxy) is 2. The van der Waals surface area contributed by atoms with Crippen molar-refractivity contribution in [2.24, 2.45) is 0 Å². The normalized spacial score (nSPS) is 10.2. The fourth-order valence-corrected chi connectivity index (χ4v) is 2.38. The number of hydrogen-bond acceptors (Lipinski definition) is 5. The Morgan fingerprint density at radius 3 is 2.35 bits per heavy atom. The number of rotatable bonds is 4. The van der Waals surface area contributed by atoms with Gasteiger partial charge in [-0.25, -0.2) is 0 Å². The molecule has 0 radical (unpaired) electrons. The second-order valence-electron chi connectivity index (χ2n) is 3.72. The van der Waals surface area contributed by atoms with Gasteiger partial charge in [-0.05, 0) is 46.9 Å². The Morgan fingerprint density at radius 2 is 1.80 bits per heavy atom. The number of aromatic nitrogens is 2. The maximum absolute atomic E-state index is 12.5. The molecule has 0 aliphatic heterocycles. The van der Waals surface area contributed by atoms with Crippen molar-refractivity contribution in [3.63, 3.8) is 0 Å². The molecule has 0 saturated carbocycles. The molecular formula is C13H10ClIN2O3. The van der Waals surface area contributed by atoms with Crippen LogP contribution in [0.3, 0.4) is 0 Å². The molecule has 0 aliphatic rings. The number of halogens is 2. The summed E-state index contributed by atoms with van der Waals surface area (Å²) in [6.07, 6.45) is 0. The van der Waals surface area contributed by atoms with Crippen molar-refractivity contribution in [2.45, 2.75) is 0 Å². The average Bonchev–Trinajstić information content (AvgIpc) is 2.46. The highest BCUT2D eigenvalue weighted by molar-refractivity contribution is 14.1. The highest BCUT2D eigenvalue weighted by Gasteiger charge is 2.22. The molecule has 0 fully saturated rings. The van der Waals surface area contributed by atoms with E-state index in [1.807, 2.05) is 22.6 Å². The Hall–Kier alpha value is -1.41. The zero-order valence-electron chi connectivity index (χ0n) is 10.7. The molecule has 0 N–H and O–H groups in total. The fraction of sp³-hybridized carbons (Fsp3) is 0.154. The van der Waals surface area contributed by atoms with Gasteiger partial charge in [0.2, 0.25) is 11.7 Å². The predicted molar refractivity (Wildman–Crippen MR) is 82.7 cm³/mol. The van der Waals surface area contributed by atoms with Gasteiger partial charge in [0.05, 0.1) is 14.2 Å². The van der Waals surface area contributed by atoms with Crippen molar-refractivity contribution in [3.05, 3.63) is 44.1 Å². The van der Waals surface area contributed by atoms with Crippen LogP contribution in [0.1, 0.15) is 15.9 Å². The highest BCUT2D eigenvalue weighted by atomic mass is 127. The molecular weight excluding hydrogens is 395 g/mol. The molecule has 2 rings (SSSR count). The third kappa shape index (κ3) is 3.01. The fourth-order valence-electron chi connectivity index (χ4n) is 1.57. The minimum Gasteiger partial charge on any atom is -0.480 e. The lowest BCUT2D eigenvalue weighted by Gasteiger charge is -2.09. The number of nitrogens with zero attached hydrogens (tertiary/aromatic N) is 2. The molecule has 104 valence electrons. The van der Waals surface area contributed by atoms with Crippen LogP contribution in [0.25, 0.3) is 0 Å².